The molecule has 3 N–H and O–H groups in total. The van der Waals surface area contributed by atoms with Crippen molar-refractivity contribution in [2.45, 2.75) is 19.4 Å². The fourth-order valence-electron chi connectivity index (χ4n) is 3.54. The van der Waals surface area contributed by atoms with Crippen LogP contribution in [0.25, 0.3) is 0 Å². The molecule has 2 heterocycles. The number of aromatic amines is 1. The molecule has 0 unspecified atom stereocenters. The molecule has 0 spiro atoms. The minimum absolute atomic E-state index is 0.0000111. The van der Waals surface area contributed by atoms with Crippen molar-refractivity contribution in [2.24, 2.45) is 5.73 Å². The minimum atomic E-state index is -0.489. The molecule has 0 saturated heterocycles. The lowest BCUT2D eigenvalue weighted by Gasteiger charge is -2.24. The van der Waals surface area contributed by atoms with E-state index in [1.165, 1.54) is 19.2 Å². The maximum absolute atomic E-state index is 14.0. The van der Waals surface area contributed by atoms with Crippen LogP contribution < -0.4 is 19.9 Å². The predicted octanol–water partition coefficient (Wildman–Crippen LogP) is 4.32. The van der Waals surface area contributed by atoms with Crippen molar-refractivity contribution in [3.8, 4) is 23.4 Å². The van der Waals surface area contributed by atoms with Gasteiger partial charge in [0.1, 0.15) is 24.1 Å². The first-order valence-corrected chi connectivity index (χ1v) is 9.68. The summed E-state index contributed by atoms with van der Waals surface area (Å²) in [5.41, 5.74) is 8.70. The van der Waals surface area contributed by atoms with Crippen molar-refractivity contribution in [1.82, 2.24) is 10.2 Å². The highest BCUT2D eigenvalue weighted by atomic mass is 35.5. The van der Waals surface area contributed by atoms with Gasteiger partial charge in [-0.15, -0.1) is 5.10 Å². The number of rotatable bonds is 5. The number of aryl methyl sites for hydroxylation is 1. The monoisotopic (exact) mass is 440 g/mol. The molecule has 0 amide bonds. The third-order valence-corrected chi connectivity index (χ3v) is 5.44. The van der Waals surface area contributed by atoms with E-state index in [-0.39, 0.29) is 28.6 Å². The minimum Gasteiger partial charge on any atom is -0.493 e. The maximum Gasteiger partial charge on any atom is 0.244 e. The molecule has 1 atom stereocenters. The summed E-state index contributed by atoms with van der Waals surface area (Å²) in [6.07, 6.45) is 0. The van der Waals surface area contributed by atoms with Crippen LogP contribution in [0.15, 0.2) is 47.9 Å². The predicted molar refractivity (Wildman–Crippen MR) is 111 cm³/mol. The Labute approximate surface area is 182 Å². The SMILES string of the molecule is COc1cc([C@H]2C(C#N)=C(N)Oc3n[nH]c(C)c32)ccc1OCc1c(F)cccc1Cl. The fraction of sp³-hybridized carbons (Fsp3) is 0.182. The van der Waals surface area contributed by atoms with E-state index in [1.807, 2.05) is 6.92 Å². The number of methoxy groups -OCH3 is 1. The van der Waals surface area contributed by atoms with Gasteiger partial charge < -0.3 is 19.9 Å². The zero-order valence-corrected chi connectivity index (χ0v) is 17.5. The number of nitrogens with two attached hydrogens (primary N) is 1. The highest BCUT2D eigenvalue weighted by Gasteiger charge is 2.34. The Hall–Kier alpha value is -3.70. The van der Waals surface area contributed by atoms with Crippen molar-refractivity contribution < 1.29 is 18.6 Å². The number of hydrogen-bond acceptors (Lipinski definition) is 6. The molecule has 0 bridgehead atoms. The third-order valence-electron chi connectivity index (χ3n) is 5.08. The molecule has 4 rings (SSSR count). The Bertz CT molecular complexity index is 1210. The van der Waals surface area contributed by atoms with Crippen LogP contribution in [-0.4, -0.2) is 17.3 Å². The first kappa shape index (κ1) is 20.6. The van der Waals surface area contributed by atoms with Gasteiger partial charge in [-0.2, -0.15) is 5.26 Å². The molecular formula is C22H18ClFN4O3. The van der Waals surface area contributed by atoms with Crippen LogP contribution in [0.5, 0.6) is 17.4 Å². The Balaban J connectivity index is 1.70. The average Bonchev–Trinajstić information content (AvgIpc) is 3.12. The standard InChI is InChI=1S/C22H18ClFN4O3/c1-11-19-20(13(9-25)21(26)31-22(19)28-27-11)12-6-7-17(18(8-12)29-2)30-10-14-15(23)4-3-5-16(14)24/h3-8,20H,10,26H2,1-2H3,(H,27,28)/t20-/m0/s1. The average molecular weight is 441 g/mol. The molecule has 7 nitrogen and oxygen atoms in total. The van der Waals surface area contributed by atoms with E-state index < -0.39 is 11.7 Å². The highest BCUT2D eigenvalue weighted by Crippen LogP contribution is 2.44. The van der Waals surface area contributed by atoms with Crippen molar-refractivity contribution in [3.63, 3.8) is 0 Å². The van der Waals surface area contributed by atoms with Crippen molar-refractivity contribution >= 4 is 11.6 Å². The number of H-pyrrole nitrogens is 1. The molecule has 0 saturated carbocycles. The van der Waals surface area contributed by atoms with E-state index in [0.717, 1.165) is 16.8 Å². The lowest BCUT2D eigenvalue weighted by molar-refractivity contribution is 0.279. The van der Waals surface area contributed by atoms with Gasteiger partial charge in [-0.25, -0.2) is 4.39 Å². The van der Waals surface area contributed by atoms with Crippen LogP contribution in [0.3, 0.4) is 0 Å². The quantitative estimate of drug-likeness (QED) is 0.612. The summed E-state index contributed by atoms with van der Waals surface area (Å²) >= 11 is 6.07. The number of halogens is 2. The number of ether oxygens (including phenoxy) is 3. The topological polar surface area (TPSA) is 106 Å². The van der Waals surface area contributed by atoms with Gasteiger partial charge in [0.25, 0.3) is 0 Å². The molecule has 0 fully saturated rings. The lowest BCUT2D eigenvalue weighted by Crippen LogP contribution is -2.21. The maximum atomic E-state index is 14.0. The molecule has 1 aliphatic rings. The molecule has 1 aliphatic heterocycles. The van der Waals surface area contributed by atoms with Gasteiger partial charge >= 0.3 is 0 Å². The van der Waals surface area contributed by atoms with Crippen molar-refractivity contribution in [3.05, 3.63) is 81.1 Å². The number of nitriles is 1. The summed E-state index contributed by atoms with van der Waals surface area (Å²) in [6.45, 7) is 1.77. The van der Waals surface area contributed by atoms with E-state index in [9.17, 15) is 9.65 Å². The van der Waals surface area contributed by atoms with Gasteiger partial charge in [0, 0.05) is 16.8 Å². The summed E-state index contributed by atoms with van der Waals surface area (Å²) in [7, 11) is 1.50. The largest absolute Gasteiger partial charge is 0.493 e. The second-order valence-electron chi connectivity index (χ2n) is 6.89. The van der Waals surface area contributed by atoms with E-state index in [1.54, 1.807) is 24.3 Å². The van der Waals surface area contributed by atoms with Crippen LogP contribution in [0.2, 0.25) is 5.02 Å². The Kier molecular flexibility index (Phi) is 5.44. The molecular weight excluding hydrogens is 423 g/mol. The summed E-state index contributed by atoms with van der Waals surface area (Å²) in [5.74, 6) is 0.198. The zero-order valence-electron chi connectivity index (χ0n) is 16.7. The highest BCUT2D eigenvalue weighted by molar-refractivity contribution is 6.31. The van der Waals surface area contributed by atoms with Crippen LogP contribution in [0.4, 0.5) is 4.39 Å². The van der Waals surface area contributed by atoms with Crippen LogP contribution in [0, 0.1) is 24.1 Å². The number of nitrogens with one attached hydrogen (secondary N) is 1. The number of aromatic nitrogens is 2. The number of benzene rings is 2. The van der Waals surface area contributed by atoms with Gasteiger partial charge in [0.05, 0.1) is 18.1 Å². The van der Waals surface area contributed by atoms with E-state index in [4.69, 9.17) is 31.5 Å². The van der Waals surface area contributed by atoms with Gasteiger partial charge in [-0.1, -0.05) is 23.7 Å². The summed E-state index contributed by atoms with van der Waals surface area (Å²) in [4.78, 5) is 0. The van der Waals surface area contributed by atoms with E-state index in [0.29, 0.717) is 17.4 Å². The van der Waals surface area contributed by atoms with E-state index in [2.05, 4.69) is 16.3 Å². The van der Waals surface area contributed by atoms with Gasteiger partial charge in [0.2, 0.25) is 11.8 Å². The normalized spacial score (nSPS) is 15.1. The van der Waals surface area contributed by atoms with E-state index >= 15 is 0 Å². The summed E-state index contributed by atoms with van der Waals surface area (Å²) in [5, 5.41) is 16.9. The Morgan fingerprint density at radius 2 is 2.13 bits per heavy atom. The van der Waals surface area contributed by atoms with Crippen LogP contribution >= 0.6 is 11.6 Å². The van der Waals surface area contributed by atoms with Crippen LogP contribution in [0.1, 0.15) is 28.3 Å². The lowest BCUT2D eigenvalue weighted by atomic mass is 9.84. The Morgan fingerprint density at radius 1 is 1.32 bits per heavy atom. The molecule has 31 heavy (non-hydrogen) atoms. The van der Waals surface area contributed by atoms with Crippen molar-refractivity contribution in [1.29, 1.82) is 5.26 Å². The molecule has 2 aromatic carbocycles. The molecule has 9 heteroatoms. The number of nitrogens with zero attached hydrogens (tertiary/aromatic N) is 2. The molecule has 0 radical (unpaired) electrons. The van der Waals surface area contributed by atoms with Gasteiger partial charge in [-0.05, 0) is 36.8 Å². The second-order valence-corrected chi connectivity index (χ2v) is 7.30. The molecule has 0 aliphatic carbocycles. The Morgan fingerprint density at radius 3 is 2.84 bits per heavy atom. The first-order chi connectivity index (χ1) is 14.9. The molecule has 1 aromatic heterocycles. The van der Waals surface area contributed by atoms with Gasteiger partial charge in [0.15, 0.2) is 11.5 Å². The zero-order chi connectivity index (χ0) is 22.1. The number of fused-ring (bicyclic) bond motifs is 1. The third kappa shape index (κ3) is 3.64. The van der Waals surface area contributed by atoms with Gasteiger partial charge in [-0.3, -0.25) is 5.10 Å². The van der Waals surface area contributed by atoms with Crippen LogP contribution in [-0.2, 0) is 6.61 Å². The summed E-state index contributed by atoms with van der Waals surface area (Å²) < 4.78 is 30.8. The summed E-state index contributed by atoms with van der Waals surface area (Å²) in [6, 6.07) is 11.8. The number of hydrogen-bond donors (Lipinski definition) is 2. The number of allylic oxidation sites excluding steroid dienone is 1. The smallest absolute Gasteiger partial charge is 0.244 e. The van der Waals surface area contributed by atoms with Crippen molar-refractivity contribution in [2.75, 3.05) is 7.11 Å². The molecule has 3 aromatic rings. The molecule has 158 valence electrons. The second kappa shape index (κ2) is 8.20. The first-order valence-electron chi connectivity index (χ1n) is 9.30. The fourth-order valence-corrected chi connectivity index (χ4v) is 3.75.